The van der Waals surface area contributed by atoms with Crippen LogP contribution in [0.15, 0.2) is 60.7 Å². The largest absolute Gasteiger partial charge is 0.425 e. The van der Waals surface area contributed by atoms with Crippen LogP contribution in [-0.2, 0) is 9.59 Å². The molecule has 0 unspecified atom stereocenters. The summed E-state index contributed by atoms with van der Waals surface area (Å²) in [5.41, 5.74) is 2.92. The zero-order valence-electron chi connectivity index (χ0n) is 19.2. The SMILES string of the molecule is CC(=O)Oc1c(-c2cc(C)ccc2F)ccc2c(OC(C)=O)c(-c3cc(C)ccc3F)ccc12. The highest BCUT2D eigenvalue weighted by atomic mass is 19.1. The maximum atomic E-state index is 14.7. The molecular formula is C28H22F2O4. The summed E-state index contributed by atoms with van der Waals surface area (Å²) >= 11 is 0. The minimum atomic E-state index is -0.593. The molecule has 0 atom stereocenters. The number of carbonyl (C=O) groups is 2. The summed E-state index contributed by atoms with van der Waals surface area (Å²) in [5.74, 6) is -1.89. The molecule has 172 valence electrons. The first-order chi connectivity index (χ1) is 16.2. The van der Waals surface area contributed by atoms with Crippen LogP contribution in [-0.4, -0.2) is 11.9 Å². The molecule has 4 rings (SSSR count). The highest BCUT2D eigenvalue weighted by Gasteiger charge is 2.22. The lowest BCUT2D eigenvalue weighted by molar-refractivity contribution is -0.132. The fraction of sp³-hybridized carbons (Fsp3) is 0.143. The Labute approximate surface area is 195 Å². The third-order valence-electron chi connectivity index (χ3n) is 5.42. The second-order valence-corrected chi connectivity index (χ2v) is 8.13. The molecule has 0 heterocycles. The van der Waals surface area contributed by atoms with E-state index in [1.807, 2.05) is 13.8 Å². The molecule has 0 bridgehead atoms. The van der Waals surface area contributed by atoms with E-state index >= 15 is 0 Å². The van der Waals surface area contributed by atoms with Crippen molar-refractivity contribution < 1.29 is 27.8 Å². The third kappa shape index (κ3) is 4.39. The van der Waals surface area contributed by atoms with Gasteiger partial charge in [-0.1, -0.05) is 23.3 Å². The molecule has 0 radical (unpaired) electrons. The zero-order chi connectivity index (χ0) is 24.6. The Morgan fingerprint density at radius 1 is 0.588 bits per heavy atom. The summed E-state index contributed by atoms with van der Waals surface area (Å²) in [6.45, 7) is 6.16. The molecule has 0 spiro atoms. The molecule has 0 aliphatic heterocycles. The van der Waals surface area contributed by atoms with Crippen molar-refractivity contribution in [1.29, 1.82) is 0 Å². The minimum absolute atomic E-state index is 0.124. The van der Waals surface area contributed by atoms with Gasteiger partial charge in [-0.15, -0.1) is 0 Å². The average Bonchev–Trinajstić information content (AvgIpc) is 2.77. The normalized spacial score (nSPS) is 10.9. The summed E-state index contributed by atoms with van der Waals surface area (Å²) in [6, 6.07) is 15.8. The number of esters is 2. The van der Waals surface area contributed by atoms with Gasteiger partial charge in [-0.05, 0) is 62.4 Å². The lowest BCUT2D eigenvalue weighted by Crippen LogP contribution is -2.06. The molecule has 0 N–H and O–H groups in total. The number of carbonyl (C=O) groups excluding carboxylic acids is 2. The molecular weight excluding hydrogens is 438 g/mol. The Kier molecular flexibility index (Phi) is 6.16. The van der Waals surface area contributed by atoms with Gasteiger partial charge in [0.1, 0.15) is 23.1 Å². The number of hydrogen-bond acceptors (Lipinski definition) is 4. The summed E-state index contributed by atoms with van der Waals surface area (Å²) < 4.78 is 40.6. The maximum absolute atomic E-state index is 14.7. The van der Waals surface area contributed by atoms with E-state index in [1.165, 1.54) is 26.0 Å². The molecule has 6 heteroatoms. The first-order valence-electron chi connectivity index (χ1n) is 10.7. The number of ether oxygens (including phenoxy) is 2. The lowest BCUT2D eigenvalue weighted by Gasteiger charge is -2.18. The highest BCUT2D eigenvalue weighted by Crippen LogP contribution is 2.45. The Balaban J connectivity index is 2.07. The second kappa shape index (κ2) is 9.06. The van der Waals surface area contributed by atoms with Crippen LogP contribution < -0.4 is 9.47 Å². The van der Waals surface area contributed by atoms with Crippen LogP contribution in [0, 0.1) is 25.5 Å². The average molecular weight is 460 g/mol. The van der Waals surface area contributed by atoms with Crippen molar-refractivity contribution in [3.63, 3.8) is 0 Å². The standard InChI is InChI=1S/C28H22F2O4/c1-15-5-11-25(29)23(13-15)21-9-7-20-19(27(21)33-17(3)31)8-10-22(28(20)34-18(4)32)24-14-16(2)6-12-26(24)30/h5-14H,1-4H3. The van der Waals surface area contributed by atoms with Gasteiger partial charge in [-0.25, -0.2) is 8.78 Å². The first kappa shape index (κ1) is 23.1. The molecule has 4 nitrogen and oxygen atoms in total. The van der Waals surface area contributed by atoms with E-state index in [0.717, 1.165) is 11.1 Å². The molecule has 0 saturated heterocycles. The Hall–Kier alpha value is -4.06. The molecule has 34 heavy (non-hydrogen) atoms. The molecule has 0 amide bonds. The van der Waals surface area contributed by atoms with Crippen molar-refractivity contribution in [2.24, 2.45) is 0 Å². The Bertz CT molecular complexity index is 1350. The minimum Gasteiger partial charge on any atom is -0.425 e. The number of aryl methyl sites for hydroxylation is 2. The van der Waals surface area contributed by atoms with Crippen molar-refractivity contribution in [3.05, 3.63) is 83.4 Å². The van der Waals surface area contributed by atoms with Gasteiger partial charge in [0.2, 0.25) is 0 Å². The van der Waals surface area contributed by atoms with Gasteiger partial charge in [0.05, 0.1) is 0 Å². The molecule has 0 saturated carbocycles. The lowest BCUT2D eigenvalue weighted by atomic mass is 9.94. The van der Waals surface area contributed by atoms with Gasteiger partial charge in [-0.2, -0.15) is 0 Å². The predicted molar refractivity (Wildman–Crippen MR) is 127 cm³/mol. The van der Waals surface area contributed by atoms with Gasteiger partial charge >= 0.3 is 11.9 Å². The van der Waals surface area contributed by atoms with Crippen LogP contribution in [0.3, 0.4) is 0 Å². The van der Waals surface area contributed by atoms with Crippen LogP contribution >= 0.6 is 0 Å². The van der Waals surface area contributed by atoms with E-state index in [9.17, 15) is 18.4 Å². The third-order valence-corrected chi connectivity index (χ3v) is 5.42. The highest BCUT2D eigenvalue weighted by molar-refractivity contribution is 6.04. The Morgan fingerprint density at radius 3 is 1.32 bits per heavy atom. The molecule has 4 aromatic rings. The summed E-state index contributed by atoms with van der Waals surface area (Å²) in [5, 5.41) is 0.836. The van der Waals surface area contributed by atoms with E-state index in [-0.39, 0.29) is 22.6 Å². The molecule has 0 aromatic heterocycles. The van der Waals surface area contributed by atoms with Crippen molar-refractivity contribution in [2.75, 3.05) is 0 Å². The first-order valence-corrected chi connectivity index (χ1v) is 10.7. The van der Waals surface area contributed by atoms with Gasteiger partial charge in [-0.3, -0.25) is 9.59 Å². The topological polar surface area (TPSA) is 52.6 Å². The van der Waals surface area contributed by atoms with Crippen molar-refractivity contribution in [3.8, 4) is 33.8 Å². The van der Waals surface area contributed by atoms with E-state index in [2.05, 4.69) is 0 Å². The van der Waals surface area contributed by atoms with Crippen molar-refractivity contribution in [2.45, 2.75) is 27.7 Å². The van der Waals surface area contributed by atoms with Crippen LogP contribution in [0.25, 0.3) is 33.0 Å². The van der Waals surface area contributed by atoms with Crippen LogP contribution in [0.4, 0.5) is 8.78 Å². The number of halogens is 2. The van der Waals surface area contributed by atoms with Gasteiger partial charge < -0.3 is 9.47 Å². The van der Waals surface area contributed by atoms with Gasteiger partial charge in [0.15, 0.2) is 0 Å². The molecule has 0 aliphatic rings. The van der Waals surface area contributed by atoms with E-state index in [1.54, 1.807) is 48.5 Å². The quantitative estimate of drug-likeness (QED) is 0.245. The maximum Gasteiger partial charge on any atom is 0.308 e. The summed E-state index contributed by atoms with van der Waals surface area (Å²) in [4.78, 5) is 23.9. The fourth-order valence-corrected chi connectivity index (χ4v) is 3.97. The van der Waals surface area contributed by atoms with Crippen molar-refractivity contribution >= 4 is 22.7 Å². The van der Waals surface area contributed by atoms with Gasteiger partial charge in [0, 0.05) is 46.9 Å². The summed E-state index contributed by atoms with van der Waals surface area (Å²) in [7, 11) is 0. The fourth-order valence-electron chi connectivity index (χ4n) is 3.97. The number of fused-ring (bicyclic) bond motifs is 1. The van der Waals surface area contributed by atoms with E-state index in [4.69, 9.17) is 9.47 Å². The molecule has 0 aliphatic carbocycles. The smallest absolute Gasteiger partial charge is 0.308 e. The van der Waals surface area contributed by atoms with Crippen LogP contribution in [0.1, 0.15) is 25.0 Å². The van der Waals surface area contributed by atoms with E-state index < -0.39 is 23.6 Å². The van der Waals surface area contributed by atoms with Gasteiger partial charge in [0.25, 0.3) is 0 Å². The number of benzene rings is 4. The predicted octanol–water partition coefficient (Wildman–Crippen LogP) is 6.92. The van der Waals surface area contributed by atoms with Crippen molar-refractivity contribution in [1.82, 2.24) is 0 Å². The number of hydrogen-bond donors (Lipinski definition) is 0. The van der Waals surface area contributed by atoms with Crippen LogP contribution in [0.2, 0.25) is 0 Å². The van der Waals surface area contributed by atoms with Crippen LogP contribution in [0.5, 0.6) is 11.5 Å². The summed E-state index contributed by atoms with van der Waals surface area (Å²) in [6.07, 6.45) is 0. The second-order valence-electron chi connectivity index (χ2n) is 8.13. The molecule has 4 aromatic carbocycles. The Morgan fingerprint density at radius 2 is 0.971 bits per heavy atom. The van der Waals surface area contributed by atoms with E-state index in [0.29, 0.717) is 21.9 Å². The molecule has 0 fully saturated rings. The zero-order valence-corrected chi connectivity index (χ0v) is 19.2. The number of rotatable bonds is 4. The monoisotopic (exact) mass is 460 g/mol.